The molecule has 1 amide bonds. The monoisotopic (exact) mass is 220 g/mol. The first kappa shape index (κ1) is 12.2. The zero-order valence-corrected chi connectivity index (χ0v) is 8.94. The quantitative estimate of drug-likeness (QED) is 0.679. The van der Waals surface area contributed by atoms with Crippen molar-refractivity contribution in [2.45, 2.75) is 19.3 Å². The van der Waals surface area contributed by atoms with Gasteiger partial charge in [0.05, 0.1) is 6.42 Å². The van der Waals surface area contributed by atoms with Gasteiger partial charge in [-0.1, -0.05) is 30.3 Å². The van der Waals surface area contributed by atoms with Gasteiger partial charge in [0, 0.05) is 12.5 Å². The van der Waals surface area contributed by atoms with E-state index in [1.807, 2.05) is 30.3 Å². The molecule has 4 heteroatoms. The highest BCUT2D eigenvalue weighted by Crippen LogP contribution is 1.99. The molecule has 86 valence electrons. The SMILES string of the molecule is O=C([O-])CCCNC(=O)Cc1ccccc1. The van der Waals surface area contributed by atoms with Crippen molar-refractivity contribution in [2.75, 3.05) is 6.54 Å². The van der Waals surface area contributed by atoms with Gasteiger partial charge in [-0.15, -0.1) is 0 Å². The summed E-state index contributed by atoms with van der Waals surface area (Å²) in [5.74, 6) is -1.18. The number of amides is 1. The van der Waals surface area contributed by atoms with E-state index in [4.69, 9.17) is 0 Å². The summed E-state index contributed by atoms with van der Waals surface area (Å²) in [5, 5.41) is 12.8. The normalized spacial score (nSPS) is 9.75. The van der Waals surface area contributed by atoms with Crippen LogP contribution in [0.3, 0.4) is 0 Å². The van der Waals surface area contributed by atoms with E-state index in [0.717, 1.165) is 5.56 Å². The first-order valence-corrected chi connectivity index (χ1v) is 5.19. The fraction of sp³-hybridized carbons (Fsp3) is 0.333. The molecule has 0 aliphatic heterocycles. The van der Waals surface area contributed by atoms with Crippen molar-refractivity contribution >= 4 is 11.9 Å². The minimum absolute atomic E-state index is 0.0222. The second kappa shape index (κ2) is 6.61. The van der Waals surface area contributed by atoms with Crippen LogP contribution in [0.25, 0.3) is 0 Å². The molecule has 0 radical (unpaired) electrons. The first-order chi connectivity index (χ1) is 7.68. The Morgan fingerprint density at radius 1 is 1.19 bits per heavy atom. The van der Waals surface area contributed by atoms with Crippen LogP contribution in [0.5, 0.6) is 0 Å². The average molecular weight is 220 g/mol. The van der Waals surface area contributed by atoms with Crippen molar-refractivity contribution in [3.05, 3.63) is 35.9 Å². The fourth-order valence-corrected chi connectivity index (χ4v) is 1.30. The molecule has 4 nitrogen and oxygen atoms in total. The van der Waals surface area contributed by atoms with Gasteiger partial charge in [0.15, 0.2) is 0 Å². The van der Waals surface area contributed by atoms with Crippen LogP contribution in [-0.2, 0) is 16.0 Å². The molecule has 0 aliphatic carbocycles. The van der Waals surface area contributed by atoms with E-state index in [2.05, 4.69) is 5.32 Å². The number of nitrogens with one attached hydrogen (secondary N) is 1. The molecule has 0 atom stereocenters. The van der Waals surface area contributed by atoms with Crippen molar-refractivity contribution < 1.29 is 14.7 Å². The van der Waals surface area contributed by atoms with Crippen LogP contribution < -0.4 is 10.4 Å². The Morgan fingerprint density at radius 2 is 1.88 bits per heavy atom. The average Bonchev–Trinajstić information content (AvgIpc) is 2.25. The topological polar surface area (TPSA) is 69.2 Å². The smallest absolute Gasteiger partial charge is 0.224 e. The van der Waals surface area contributed by atoms with E-state index in [1.165, 1.54) is 0 Å². The summed E-state index contributed by atoms with van der Waals surface area (Å²) in [7, 11) is 0. The molecular weight excluding hydrogens is 206 g/mol. The third-order valence-corrected chi connectivity index (χ3v) is 2.09. The van der Waals surface area contributed by atoms with Crippen molar-refractivity contribution in [3.8, 4) is 0 Å². The predicted molar refractivity (Wildman–Crippen MR) is 57.4 cm³/mol. The highest BCUT2D eigenvalue weighted by atomic mass is 16.4. The van der Waals surface area contributed by atoms with Gasteiger partial charge < -0.3 is 15.2 Å². The highest BCUT2D eigenvalue weighted by molar-refractivity contribution is 5.78. The molecule has 0 bridgehead atoms. The lowest BCUT2D eigenvalue weighted by atomic mass is 10.1. The first-order valence-electron chi connectivity index (χ1n) is 5.19. The van der Waals surface area contributed by atoms with E-state index in [-0.39, 0.29) is 12.3 Å². The zero-order chi connectivity index (χ0) is 11.8. The summed E-state index contributed by atoms with van der Waals surface area (Å²) >= 11 is 0. The number of carboxylic acids is 1. The molecule has 1 N–H and O–H groups in total. The summed E-state index contributed by atoms with van der Waals surface area (Å²) in [6, 6.07) is 9.39. The number of rotatable bonds is 6. The van der Waals surface area contributed by atoms with Gasteiger partial charge in [0.2, 0.25) is 5.91 Å². The van der Waals surface area contributed by atoms with Gasteiger partial charge in [-0.05, 0) is 18.4 Å². The Balaban J connectivity index is 2.19. The van der Waals surface area contributed by atoms with Gasteiger partial charge in [0.1, 0.15) is 0 Å². The predicted octanol–water partition coefficient (Wildman–Crippen LogP) is -0.125. The number of hydrogen-bond donors (Lipinski definition) is 1. The minimum Gasteiger partial charge on any atom is -0.550 e. The van der Waals surface area contributed by atoms with Crippen LogP contribution in [-0.4, -0.2) is 18.4 Å². The van der Waals surface area contributed by atoms with Crippen LogP contribution in [0.4, 0.5) is 0 Å². The molecule has 0 saturated carbocycles. The molecule has 0 heterocycles. The van der Waals surface area contributed by atoms with Crippen LogP contribution in [0.1, 0.15) is 18.4 Å². The Kier molecular flexibility index (Phi) is 5.05. The zero-order valence-electron chi connectivity index (χ0n) is 8.94. The molecule has 1 rings (SSSR count). The maximum atomic E-state index is 11.4. The number of aliphatic carboxylic acids is 1. The molecule has 1 aromatic rings. The number of carboxylic acid groups (broad SMARTS) is 1. The van der Waals surface area contributed by atoms with E-state index in [0.29, 0.717) is 19.4 Å². The van der Waals surface area contributed by atoms with E-state index < -0.39 is 5.97 Å². The standard InChI is InChI=1S/C12H15NO3/c14-11(13-8-4-7-12(15)16)9-10-5-2-1-3-6-10/h1-3,5-6H,4,7-9H2,(H,13,14)(H,15,16)/p-1. The number of hydrogen-bond acceptors (Lipinski definition) is 3. The second-order valence-electron chi connectivity index (χ2n) is 3.49. The summed E-state index contributed by atoms with van der Waals surface area (Å²) in [5.41, 5.74) is 0.944. The summed E-state index contributed by atoms with van der Waals surface area (Å²) < 4.78 is 0. The maximum absolute atomic E-state index is 11.4. The Bertz CT molecular complexity index is 349. The van der Waals surface area contributed by atoms with E-state index in [1.54, 1.807) is 0 Å². The second-order valence-corrected chi connectivity index (χ2v) is 3.49. The minimum atomic E-state index is -1.09. The van der Waals surface area contributed by atoms with Gasteiger partial charge in [-0.2, -0.15) is 0 Å². The van der Waals surface area contributed by atoms with Gasteiger partial charge >= 0.3 is 0 Å². The lowest BCUT2D eigenvalue weighted by Crippen LogP contribution is -2.28. The number of benzene rings is 1. The van der Waals surface area contributed by atoms with Crippen LogP contribution >= 0.6 is 0 Å². The molecule has 0 unspecified atom stereocenters. The van der Waals surface area contributed by atoms with Gasteiger partial charge in [-0.3, -0.25) is 4.79 Å². The third kappa shape index (κ3) is 5.14. The van der Waals surface area contributed by atoms with Crippen LogP contribution in [0.2, 0.25) is 0 Å². The number of carbonyl (C=O) groups excluding carboxylic acids is 2. The van der Waals surface area contributed by atoms with Crippen LogP contribution in [0.15, 0.2) is 30.3 Å². The molecule has 16 heavy (non-hydrogen) atoms. The summed E-state index contributed by atoms with van der Waals surface area (Å²) in [6.07, 6.45) is 0.709. The Hall–Kier alpha value is -1.84. The van der Waals surface area contributed by atoms with Crippen LogP contribution in [0, 0.1) is 0 Å². The summed E-state index contributed by atoms with van der Waals surface area (Å²) in [6.45, 7) is 0.375. The van der Waals surface area contributed by atoms with E-state index >= 15 is 0 Å². The Labute approximate surface area is 94.3 Å². The highest BCUT2D eigenvalue weighted by Gasteiger charge is 2.01. The maximum Gasteiger partial charge on any atom is 0.224 e. The summed E-state index contributed by atoms with van der Waals surface area (Å²) in [4.78, 5) is 21.5. The molecule has 0 saturated heterocycles. The molecule has 0 spiro atoms. The van der Waals surface area contributed by atoms with Crippen molar-refractivity contribution in [3.63, 3.8) is 0 Å². The number of carbonyl (C=O) groups is 2. The largest absolute Gasteiger partial charge is 0.550 e. The fourth-order valence-electron chi connectivity index (χ4n) is 1.30. The molecular formula is C12H14NO3-. The van der Waals surface area contributed by atoms with Gasteiger partial charge in [0.25, 0.3) is 0 Å². The van der Waals surface area contributed by atoms with Gasteiger partial charge in [-0.25, -0.2) is 0 Å². The molecule has 0 aliphatic rings. The van der Waals surface area contributed by atoms with E-state index in [9.17, 15) is 14.7 Å². The molecule has 0 aromatic heterocycles. The Morgan fingerprint density at radius 3 is 2.50 bits per heavy atom. The van der Waals surface area contributed by atoms with Crippen molar-refractivity contribution in [2.24, 2.45) is 0 Å². The lowest BCUT2D eigenvalue weighted by molar-refractivity contribution is -0.305. The van der Waals surface area contributed by atoms with Crippen molar-refractivity contribution in [1.29, 1.82) is 0 Å². The van der Waals surface area contributed by atoms with Crippen molar-refractivity contribution in [1.82, 2.24) is 5.32 Å². The molecule has 1 aromatic carbocycles. The lowest BCUT2D eigenvalue weighted by Gasteiger charge is -2.05. The molecule has 0 fully saturated rings. The third-order valence-electron chi connectivity index (χ3n) is 2.09.